The van der Waals surface area contributed by atoms with E-state index in [1.807, 2.05) is 6.07 Å². The summed E-state index contributed by atoms with van der Waals surface area (Å²) in [7, 11) is 0. The van der Waals surface area contributed by atoms with Crippen molar-refractivity contribution in [3.05, 3.63) is 82.6 Å². The number of imide groups is 1. The molecule has 42 heavy (non-hydrogen) atoms. The highest BCUT2D eigenvalue weighted by molar-refractivity contribution is 6.31. The molecular weight excluding hydrogens is 568 g/mol. The lowest BCUT2D eigenvalue weighted by Crippen LogP contribution is -2.39. The normalized spacial score (nSPS) is 18.6. The predicted octanol–water partition coefficient (Wildman–Crippen LogP) is 5.61. The molecule has 6 rings (SSSR count). The first-order chi connectivity index (χ1) is 20.3. The predicted molar refractivity (Wildman–Crippen MR) is 153 cm³/mol. The fourth-order valence-electron chi connectivity index (χ4n) is 5.07. The van der Waals surface area contributed by atoms with Crippen LogP contribution >= 0.6 is 11.6 Å². The standard InChI is InChI=1S/C30H26ClF2N5O4/c31-22-10-17(2-5-23(22)32)37-29-21-11-26(27(12-25(21)35-15-36-29)42-18-7-8-41-14-18)34-13-16-1-3-19(24(33)9-16)20-4-6-28(39)38-30(20)40/h1-3,5,9-12,15,18,20,34H,4,6-8,13-14H2,(H,35,36,37)(H,38,39,40)/t18-,20?/m0/s1. The molecule has 2 aliphatic rings. The van der Waals surface area contributed by atoms with Crippen LogP contribution in [-0.2, 0) is 20.9 Å². The van der Waals surface area contributed by atoms with Crippen molar-refractivity contribution in [1.29, 1.82) is 0 Å². The van der Waals surface area contributed by atoms with Gasteiger partial charge in [0, 0.05) is 42.1 Å². The molecule has 0 bridgehead atoms. The molecule has 1 aromatic heterocycles. The summed E-state index contributed by atoms with van der Waals surface area (Å²) in [5.74, 6) is -1.56. The molecule has 2 atom stereocenters. The van der Waals surface area contributed by atoms with E-state index in [1.165, 1.54) is 24.5 Å². The smallest absolute Gasteiger partial charge is 0.234 e. The lowest BCUT2D eigenvalue weighted by Gasteiger charge is -2.22. The summed E-state index contributed by atoms with van der Waals surface area (Å²) in [5, 5.41) is 9.41. The Morgan fingerprint density at radius 3 is 2.69 bits per heavy atom. The van der Waals surface area contributed by atoms with Crippen LogP contribution in [0.3, 0.4) is 0 Å². The first kappa shape index (κ1) is 27.8. The number of ether oxygens (including phenoxy) is 2. The minimum absolute atomic E-state index is 0.0222. The van der Waals surface area contributed by atoms with Crippen LogP contribution in [0.15, 0.2) is 54.9 Å². The van der Waals surface area contributed by atoms with Crippen LogP contribution in [0.4, 0.5) is 26.0 Å². The minimum atomic E-state index is -0.708. The van der Waals surface area contributed by atoms with E-state index in [1.54, 1.807) is 24.3 Å². The Morgan fingerprint density at radius 1 is 1.05 bits per heavy atom. The molecule has 4 aromatic rings. The van der Waals surface area contributed by atoms with Gasteiger partial charge in [0.15, 0.2) is 0 Å². The average molecular weight is 594 g/mol. The second-order valence-corrected chi connectivity index (χ2v) is 10.6. The van der Waals surface area contributed by atoms with E-state index in [0.717, 1.165) is 6.42 Å². The molecular formula is C30H26ClF2N5O4. The molecule has 2 aliphatic heterocycles. The molecule has 3 heterocycles. The lowest BCUT2D eigenvalue weighted by atomic mass is 9.89. The number of anilines is 3. The van der Waals surface area contributed by atoms with Crippen LogP contribution in [0.25, 0.3) is 10.9 Å². The molecule has 3 aromatic carbocycles. The number of halogens is 3. The number of amides is 2. The second kappa shape index (κ2) is 11.9. The zero-order valence-corrected chi connectivity index (χ0v) is 23.0. The van der Waals surface area contributed by atoms with E-state index in [2.05, 4.69) is 25.9 Å². The van der Waals surface area contributed by atoms with Crippen LogP contribution in [0.1, 0.15) is 36.3 Å². The number of aromatic nitrogens is 2. The largest absolute Gasteiger partial charge is 0.486 e. The molecule has 216 valence electrons. The molecule has 2 fully saturated rings. The first-order valence-electron chi connectivity index (χ1n) is 13.4. The van der Waals surface area contributed by atoms with Gasteiger partial charge in [-0.2, -0.15) is 0 Å². The van der Waals surface area contributed by atoms with Gasteiger partial charge in [-0.15, -0.1) is 0 Å². The molecule has 3 N–H and O–H groups in total. The summed E-state index contributed by atoms with van der Waals surface area (Å²) in [4.78, 5) is 32.5. The monoisotopic (exact) mass is 593 g/mol. The number of carbonyl (C=O) groups excluding carboxylic acids is 2. The lowest BCUT2D eigenvalue weighted by molar-refractivity contribution is -0.134. The third-order valence-corrected chi connectivity index (χ3v) is 7.55. The van der Waals surface area contributed by atoms with Gasteiger partial charge in [0.25, 0.3) is 0 Å². The van der Waals surface area contributed by atoms with Crippen LogP contribution in [0, 0.1) is 11.6 Å². The molecule has 9 nitrogen and oxygen atoms in total. The van der Waals surface area contributed by atoms with Crippen LogP contribution in [-0.4, -0.2) is 41.1 Å². The fourth-order valence-corrected chi connectivity index (χ4v) is 5.25. The first-order valence-corrected chi connectivity index (χ1v) is 13.8. The van der Waals surface area contributed by atoms with Crippen molar-refractivity contribution in [2.24, 2.45) is 0 Å². The number of nitrogens with one attached hydrogen (secondary N) is 3. The summed E-state index contributed by atoms with van der Waals surface area (Å²) in [6, 6.07) is 12.6. The van der Waals surface area contributed by atoms with Gasteiger partial charge in [-0.1, -0.05) is 23.7 Å². The third-order valence-electron chi connectivity index (χ3n) is 7.26. The quantitative estimate of drug-likeness (QED) is 0.226. The summed E-state index contributed by atoms with van der Waals surface area (Å²) in [5.41, 5.74) is 2.68. The van der Waals surface area contributed by atoms with Crippen molar-refractivity contribution >= 4 is 51.5 Å². The van der Waals surface area contributed by atoms with Crippen molar-refractivity contribution in [2.45, 2.75) is 37.8 Å². The number of nitrogens with zero attached hydrogens (tertiary/aromatic N) is 2. The van der Waals surface area contributed by atoms with E-state index in [4.69, 9.17) is 21.1 Å². The van der Waals surface area contributed by atoms with Gasteiger partial charge in [0.05, 0.1) is 35.4 Å². The molecule has 0 radical (unpaired) electrons. The van der Waals surface area contributed by atoms with Crippen molar-refractivity contribution in [3.8, 4) is 5.75 Å². The van der Waals surface area contributed by atoms with Gasteiger partial charge in [0.1, 0.15) is 35.6 Å². The maximum Gasteiger partial charge on any atom is 0.234 e. The van der Waals surface area contributed by atoms with Gasteiger partial charge >= 0.3 is 0 Å². The van der Waals surface area contributed by atoms with Crippen LogP contribution < -0.4 is 20.7 Å². The van der Waals surface area contributed by atoms with Gasteiger partial charge < -0.3 is 20.1 Å². The highest BCUT2D eigenvalue weighted by Gasteiger charge is 2.30. The number of fused-ring (bicyclic) bond motifs is 1. The van der Waals surface area contributed by atoms with Gasteiger partial charge in [-0.3, -0.25) is 14.9 Å². The number of benzene rings is 3. The van der Waals surface area contributed by atoms with E-state index in [0.29, 0.717) is 52.6 Å². The molecule has 0 saturated carbocycles. The van der Waals surface area contributed by atoms with Gasteiger partial charge in [-0.25, -0.2) is 18.7 Å². The molecule has 2 saturated heterocycles. The molecule has 2 amide bonds. The number of hydrogen-bond donors (Lipinski definition) is 3. The zero-order valence-electron chi connectivity index (χ0n) is 22.3. The molecule has 0 spiro atoms. The van der Waals surface area contributed by atoms with E-state index < -0.39 is 23.5 Å². The Labute approximate surface area is 244 Å². The Morgan fingerprint density at radius 2 is 1.93 bits per heavy atom. The summed E-state index contributed by atoms with van der Waals surface area (Å²) in [6.07, 6.45) is 2.47. The van der Waals surface area contributed by atoms with E-state index in [9.17, 15) is 14.0 Å². The Balaban J connectivity index is 1.28. The Bertz CT molecular complexity index is 1680. The number of carbonyl (C=O) groups is 2. The highest BCUT2D eigenvalue weighted by Crippen LogP contribution is 2.36. The van der Waals surface area contributed by atoms with Crippen molar-refractivity contribution in [3.63, 3.8) is 0 Å². The second-order valence-electron chi connectivity index (χ2n) is 10.2. The fraction of sp³-hybridized carbons (Fsp3) is 0.267. The average Bonchev–Trinajstić information content (AvgIpc) is 3.48. The van der Waals surface area contributed by atoms with Crippen molar-refractivity contribution in [1.82, 2.24) is 15.3 Å². The van der Waals surface area contributed by atoms with Crippen molar-refractivity contribution < 1.29 is 27.8 Å². The zero-order chi connectivity index (χ0) is 29.2. The van der Waals surface area contributed by atoms with E-state index in [-0.39, 0.29) is 42.0 Å². The SMILES string of the molecule is O=C1CCC(c2ccc(CNc3cc4c(Nc5ccc(F)c(Cl)c5)ncnc4cc3O[C@H]3CCOC3)cc2F)C(=O)N1. The maximum absolute atomic E-state index is 15.1. The number of piperidine rings is 1. The summed E-state index contributed by atoms with van der Waals surface area (Å²) >= 11 is 5.96. The maximum atomic E-state index is 15.1. The summed E-state index contributed by atoms with van der Waals surface area (Å²) < 4.78 is 40.5. The minimum Gasteiger partial charge on any atom is -0.486 e. The molecule has 12 heteroatoms. The van der Waals surface area contributed by atoms with Gasteiger partial charge in [0.2, 0.25) is 11.8 Å². The Kier molecular flexibility index (Phi) is 7.86. The van der Waals surface area contributed by atoms with E-state index >= 15 is 4.39 Å². The van der Waals surface area contributed by atoms with Crippen LogP contribution in [0.5, 0.6) is 5.75 Å². The number of hydrogen-bond acceptors (Lipinski definition) is 8. The Hall–Kier alpha value is -4.35. The highest BCUT2D eigenvalue weighted by atomic mass is 35.5. The summed E-state index contributed by atoms with van der Waals surface area (Å²) in [6.45, 7) is 1.32. The molecule has 0 aliphatic carbocycles. The van der Waals surface area contributed by atoms with Gasteiger partial charge in [-0.05, 0) is 42.3 Å². The van der Waals surface area contributed by atoms with Crippen LogP contribution in [0.2, 0.25) is 5.02 Å². The molecule has 1 unspecified atom stereocenters. The van der Waals surface area contributed by atoms with Crippen molar-refractivity contribution in [2.75, 3.05) is 23.8 Å². The third kappa shape index (κ3) is 5.97. The topological polar surface area (TPSA) is 114 Å². The number of rotatable bonds is 8.